The molecular weight excluding hydrogens is 198 g/mol. The molecule has 2 heterocycles. The van der Waals surface area contributed by atoms with Crippen LogP contribution in [0.25, 0.3) is 0 Å². The van der Waals surface area contributed by atoms with Crippen molar-refractivity contribution in [1.29, 1.82) is 0 Å². The maximum atomic E-state index is 4.47. The van der Waals surface area contributed by atoms with E-state index in [0.29, 0.717) is 6.04 Å². The van der Waals surface area contributed by atoms with Gasteiger partial charge >= 0.3 is 0 Å². The Labute approximate surface area is 97.7 Å². The van der Waals surface area contributed by atoms with E-state index in [2.05, 4.69) is 48.5 Å². The van der Waals surface area contributed by atoms with E-state index in [-0.39, 0.29) is 5.41 Å². The van der Waals surface area contributed by atoms with Gasteiger partial charge in [-0.15, -0.1) is 0 Å². The molecule has 88 valence electrons. The van der Waals surface area contributed by atoms with Gasteiger partial charge in [0.15, 0.2) is 0 Å². The van der Waals surface area contributed by atoms with Crippen LogP contribution >= 0.6 is 0 Å². The molecule has 1 aliphatic rings. The normalized spacial score (nSPS) is 21.1. The second-order valence-electron chi connectivity index (χ2n) is 5.52. The fourth-order valence-corrected chi connectivity index (χ4v) is 1.91. The van der Waals surface area contributed by atoms with Gasteiger partial charge in [0.25, 0.3) is 0 Å². The Hall–Kier alpha value is -1.09. The molecular formula is C13H21N3. The highest BCUT2D eigenvalue weighted by atomic mass is 15.1. The van der Waals surface area contributed by atoms with Crippen LogP contribution in [0.15, 0.2) is 18.3 Å². The first kappa shape index (κ1) is 11.4. The van der Waals surface area contributed by atoms with Crippen molar-refractivity contribution in [1.82, 2.24) is 10.3 Å². The lowest BCUT2D eigenvalue weighted by atomic mass is 9.88. The minimum absolute atomic E-state index is 0.181. The molecule has 0 aromatic carbocycles. The van der Waals surface area contributed by atoms with Crippen LogP contribution in [0.4, 0.5) is 5.82 Å². The van der Waals surface area contributed by atoms with E-state index in [0.717, 1.165) is 18.9 Å². The lowest BCUT2D eigenvalue weighted by Gasteiger charge is -2.19. The van der Waals surface area contributed by atoms with Crippen LogP contribution in [0.5, 0.6) is 0 Å². The Bertz CT molecular complexity index is 331. The number of hydrogen-bond donors (Lipinski definition) is 2. The summed E-state index contributed by atoms with van der Waals surface area (Å²) in [6, 6.07) is 4.78. The molecule has 1 aromatic heterocycles. The molecule has 1 aromatic rings. The van der Waals surface area contributed by atoms with E-state index >= 15 is 0 Å². The van der Waals surface area contributed by atoms with Crippen LogP contribution in [0, 0.1) is 0 Å². The monoisotopic (exact) mass is 219 g/mol. The van der Waals surface area contributed by atoms with Crippen LogP contribution < -0.4 is 10.6 Å². The van der Waals surface area contributed by atoms with Gasteiger partial charge in [0.2, 0.25) is 0 Å². The average Bonchev–Trinajstić information content (AvgIpc) is 2.70. The van der Waals surface area contributed by atoms with Crippen molar-refractivity contribution in [2.75, 3.05) is 18.4 Å². The smallest absolute Gasteiger partial charge is 0.126 e. The molecule has 16 heavy (non-hydrogen) atoms. The third-order valence-electron chi connectivity index (χ3n) is 3.04. The Morgan fingerprint density at radius 3 is 2.69 bits per heavy atom. The minimum Gasteiger partial charge on any atom is -0.366 e. The van der Waals surface area contributed by atoms with Crippen molar-refractivity contribution < 1.29 is 0 Å². The van der Waals surface area contributed by atoms with Gasteiger partial charge in [0.1, 0.15) is 5.82 Å². The molecule has 0 aliphatic carbocycles. The van der Waals surface area contributed by atoms with Gasteiger partial charge in [0, 0.05) is 18.8 Å². The fourth-order valence-electron chi connectivity index (χ4n) is 1.91. The van der Waals surface area contributed by atoms with E-state index in [1.807, 2.05) is 6.20 Å². The largest absolute Gasteiger partial charge is 0.366 e. The summed E-state index contributed by atoms with van der Waals surface area (Å²) < 4.78 is 0. The maximum Gasteiger partial charge on any atom is 0.126 e. The third-order valence-corrected chi connectivity index (χ3v) is 3.04. The molecule has 0 bridgehead atoms. The van der Waals surface area contributed by atoms with Gasteiger partial charge in [-0.05, 0) is 30.0 Å². The predicted molar refractivity (Wildman–Crippen MR) is 67.8 cm³/mol. The highest BCUT2D eigenvalue weighted by Crippen LogP contribution is 2.22. The highest BCUT2D eigenvalue weighted by molar-refractivity contribution is 5.38. The first-order valence-electron chi connectivity index (χ1n) is 5.99. The number of pyridine rings is 1. The molecule has 0 radical (unpaired) electrons. The van der Waals surface area contributed by atoms with Crippen LogP contribution in [-0.4, -0.2) is 24.1 Å². The second kappa shape index (κ2) is 4.42. The zero-order valence-electron chi connectivity index (χ0n) is 10.4. The van der Waals surface area contributed by atoms with Crippen molar-refractivity contribution in [2.24, 2.45) is 0 Å². The molecule has 0 spiro atoms. The highest BCUT2D eigenvalue weighted by Gasteiger charge is 2.16. The molecule has 3 heteroatoms. The van der Waals surface area contributed by atoms with Gasteiger partial charge in [-0.3, -0.25) is 0 Å². The summed E-state index contributed by atoms with van der Waals surface area (Å²) in [5.41, 5.74) is 1.46. The molecule has 0 saturated carbocycles. The summed E-state index contributed by atoms with van der Waals surface area (Å²) in [4.78, 5) is 4.47. The number of rotatable bonds is 2. The summed E-state index contributed by atoms with van der Waals surface area (Å²) >= 11 is 0. The van der Waals surface area contributed by atoms with Gasteiger partial charge in [-0.1, -0.05) is 26.8 Å². The topological polar surface area (TPSA) is 37.0 Å². The molecule has 2 N–H and O–H groups in total. The average molecular weight is 219 g/mol. The Morgan fingerprint density at radius 2 is 2.19 bits per heavy atom. The Kier molecular flexibility index (Phi) is 3.15. The number of nitrogens with one attached hydrogen (secondary N) is 2. The quantitative estimate of drug-likeness (QED) is 0.800. The molecule has 1 saturated heterocycles. The number of nitrogens with zero attached hydrogens (tertiary/aromatic N) is 1. The number of aromatic nitrogens is 1. The Morgan fingerprint density at radius 1 is 1.38 bits per heavy atom. The van der Waals surface area contributed by atoms with Crippen molar-refractivity contribution in [3.63, 3.8) is 0 Å². The summed E-state index contributed by atoms with van der Waals surface area (Å²) in [6.07, 6.45) is 3.16. The summed E-state index contributed by atoms with van der Waals surface area (Å²) in [5, 5.41) is 6.78. The van der Waals surface area contributed by atoms with E-state index in [9.17, 15) is 0 Å². The summed E-state index contributed by atoms with van der Waals surface area (Å²) in [6.45, 7) is 8.77. The SMILES string of the molecule is CC(C)(C)c1ccc(NC2CCNC2)nc1. The van der Waals surface area contributed by atoms with Crippen LogP contribution in [0.3, 0.4) is 0 Å². The van der Waals surface area contributed by atoms with Crippen LogP contribution in [0.2, 0.25) is 0 Å². The standard InChI is InChI=1S/C13H21N3/c1-13(2,3)10-4-5-12(15-8-10)16-11-6-7-14-9-11/h4-5,8,11,14H,6-7,9H2,1-3H3,(H,15,16). The maximum absolute atomic E-state index is 4.47. The van der Waals surface area contributed by atoms with E-state index < -0.39 is 0 Å². The van der Waals surface area contributed by atoms with Gasteiger partial charge in [-0.25, -0.2) is 4.98 Å². The van der Waals surface area contributed by atoms with Gasteiger partial charge < -0.3 is 10.6 Å². The van der Waals surface area contributed by atoms with Crippen molar-refractivity contribution in [3.05, 3.63) is 23.9 Å². The van der Waals surface area contributed by atoms with Gasteiger partial charge in [0.05, 0.1) is 0 Å². The molecule has 1 unspecified atom stereocenters. The van der Waals surface area contributed by atoms with E-state index in [1.165, 1.54) is 12.0 Å². The lowest BCUT2D eigenvalue weighted by molar-refractivity contribution is 0.587. The van der Waals surface area contributed by atoms with E-state index in [1.54, 1.807) is 0 Å². The molecule has 2 rings (SSSR count). The predicted octanol–water partition coefficient (Wildman–Crippen LogP) is 2.15. The fraction of sp³-hybridized carbons (Fsp3) is 0.615. The lowest BCUT2D eigenvalue weighted by Crippen LogP contribution is -2.22. The molecule has 1 aliphatic heterocycles. The summed E-state index contributed by atoms with van der Waals surface area (Å²) in [5.74, 6) is 0.988. The van der Waals surface area contributed by atoms with Gasteiger partial charge in [-0.2, -0.15) is 0 Å². The van der Waals surface area contributed by atoms with Crippen LogP contribution in [0.1, 0.15) is 32.8 Å². The first-order chi connectivity index (χ1) is 7.55. The Balaban J connectivity index is 2.01. The zero-order chi connectivity index (χ0) is 11.6. The summed E-state index contributed by atoms with van der Waals surface area (Å²) in [7, 11) is 0. The molecule has 1 atom stereocenters. The van der Waals surface area contributed by atoms with Crippen molar-refractivity contribution in [3.8, 4) is 0 Å². The van der Waals surface area contributed by atoms with Crippen molar-refractivity contribution in [2.45, 2.75) is 38.6 Å². The van der Waals surface area contributed by atoms with Crippen molar-refractivity contribution >= 4 is 5.82 Å². The number of hydrogen-bond acceptors (Lipinski definition) is 3. The second-order valence-corrected chi connectivity index (χ2v) is 5.52. The molecule has 1 fully saturated rings. The zero-order valence-corrected chi connectivity index (χ0v) is 10.4. The first-order valence-corrected chi connectivity index (χ1v) is 5.99. The third kappa shape index (κ3) is 2.73. The van der Waals surface area contributed by atoms with Crippen LogP contribution in [-0.2, 0) is 5.41 Å². The molecule has 3 nitrogen and oxygen atoms in total. The number of anilines is 1. The minimum atomic E-state index is 0.181. The van der Waals surface area contributed by atoms with E-state index in [4.69, 9.17) is 0 Å². The molecule has 0 amide bonds.